The van der Waals surface area contributed by atoms with E-state index in [1.165, 1.54) is 0 Å². The molecule has 0 saturated heterocycles. The molecule has 0 spiro atoms. The lowest BCUT2D eigenvalue weighted by molar-refractivity contribution is -0.121. The SMILES string of the molecule is CC(O)CCC(=O)NCCc1nc2ccccc2n1Cc1c(Cl)cccc1Cl. The van der Waals surface area contributed by atoms with E-state index >= 15 is 0 Å². The Morgan fingerprint density at radius 1 is 1.18 bits per heavy atom. The van der Waals surface area contributed by atoms with Crippen LogP contribution in [0.2, 0.25) is 10.0 Å². The topological polar surface area (TPSA) is 67.2 Å². The third-order valence-corrected chi connectivity index (χ3v) is 5.28. The summed E-state index contributed by atoms with van der Waals surface area (Å²) in [5.41, 5.74) is 2.73. The average Bonchev–Trinajstić information content (AvgIpc) is 3.00. The van der Waals surface area contributed by atoms with Crippen LogP contribution in [0.4, 0.5) is 0 Å². The molecule has 1 heterocycles. The van der Waals surface area contributed by atoms with Crippen molar-refractivity contribution in [3.05, 3.63) is 63.9 Å². The Kier molecular flexibility index (Phi) is 6.94. The molecule has 2 N–H and O–H groups in total. The maximum absolute atomic E-state index is 11.9. The van der Waals surface area contributed by atoms with Gasteiger partial charge in [0.2, 0.25) is 5.91 Å². The molecule has 1 atom stereocenters. The normalized spacial score (nSPS) is 12.3. The molecule has 0 bridgehead atoms. The largest absolute Gasteiger partial charge is 0.393 e. The van der Waals surface area contributed by atoms with Crippen LogP contribution in [0.25, 0.3) is 11.0 Å². The van der Waals surface area contributed by atoms with Crippen molar-refractivity contribution in [1.29, 1.82) is 0 Å². The molecule has 1 amide bonds. The summed E-state index contributed by atoms with van der Waals surface area (Å²) in [5.74, 6) is 0.783. The van der Waals surface area contributed by atoms with Crippen LogP contribution < -0.4 is 5.32 Å². The van der Waals surface area contributed by atoms with Gasteiger partial charge in [-0.3, -0.25) is 4.79 Å². The van der Waals surface area contributed by atoms with E-state index < -0.39 is 6.10 Å². The quantitative estimate of drug-likeness (QED) is 0.574. The van der Waals surface area contributed by atoms with Gasteiger partial charge in [-0.15, -0.1) is 0 Å². The van der Waals surface area contributed by atoms with Crippen LogP contribution in [-0.2, 0) is 17.8 Å². The van der Waals surface area contributed by atoms with Gasteiger partial charge in [-0.05, 0) is 37.6 Å². The zero-order valence-electron chi connectivity index (χ0n) is 15.7. The van der Waals surface area contributed by atoms with E-state index in [4.69, 9.17) is 28.2 Å². The van der Waals surface area contributed by atoms with E-state index in [-0.39, 0.29) is 5.91 Å². The van der Waals surface area contributed by atoms with Gasteiger partial charge in [0.1, 0.15) is 5.82 Å². The number of fused-ring (bicyclic) bond motifs is 1. The third kappa shape index (κ3) is 5.04. The molecule has 1 aromatic heterocycles. The second kappa shape index (κ2) is 9.41. The molecule has 0 fully saturated rings. The molecule has 3 rings (SSSR count). The van der Waals surface area contributed by atoms with Crippen molar-refractivity contribution < 1.29 is 9.90 Å². The Bertz CT molecular complexity index is 949. The first-order valence-electron chi connectivity index (χ1n) is 9.27. The highest BCUT2D eigenvalue weighted by Gasteiger charge is 2.14. The van der Waals surface area contributed by atoms with Crippen molar-refractivity contribution in [3.63, 3.8) is 0 Å². The molecule has 0 aliphatic heterocycles. The minimum absolute atomic E-state index is 0.0716. The molecule has 0 saturated carbocycles. The maximum atomic E-state index is 11.9. The van der Waals surface area contributed by atoms with Crippen molar-refractivity contribution in [2.45, 2.75) is 38.8 Å². The summed E-state index contributed by atoms with van der Waals surface area (Å²) in [7, 11) is 0. The smallest absolute Gasteiger partial charge is 0.220 e. The fraction of sp³-hybridized carbons (Fsp3) is 0.333. The van der Waals surface area contributed by atoms with Crippen molar-refractivity contribution in [3.8, 4) is 0 Å². The van der Waals surface area contributed by atoms with Gasteiger partial charge < -0.3 is 15.0 Å². The highest BCUT2D eigenvalue weighted by molar-refractivity contribution is 6.36. The third-order valence-electron chi connectivity index (χ3n) is 4.57. The Morgan fingerprint density at radius 3 is 2.61 bits per heavy atom. The molecule has 3 aromatic rings. The van der Waals surface area contributed by atoms with Gasteiger partial charge in [0, 0.05) is 35.0 Å². The predicted octanol–water partition coefficient (Wildman–Crippen LogP) is 4.21. The molecule has 1 unspecified atom stereocenters. The predicted molar refractivity (Wildman–Crippen MR) is 113 cm³/mol. The van der Waals surface area contributed by atoms with E-state index in [1.54, 1.807) is 6.92 Å². The minimum Gasteiger partial charge on any atom is -0.393 e. The van der Waals surface area contributed by atoms with Crippen LogP contribution in [0.1, 0.15) is 31.2 Å². The first-order chi connectivity index (χ1) is 13.5. The molecule has 28 heavy (non-hydrogen) atoms. The Hall–Kier alpha value is -2.08. The number of amides is 1. The summed E-state index contributed by atoms with van der Waals surface area (Å²) in [5, 5.41) is 13.4. The number of rotatable bonds is 8. The average molecular weight is 420 g/mol. The van der Waals surface area contributed by atoms with Gasteiger partial charge in [0.15, 0.2) is 0 Å². The first kappa shape index (κ1) is 20.6. The fourth-order valence-corrected chi connectivity index (χ4v) is 3.59. The van der Waals surface area contributed by atoms with Crippen molar-refractivity contribution in [2.24, 2.45) is 0 Å². The van der Waals surface area contributed by atoms with E-state index in [1.807, 2.05) is 42.5 Å². The molecule has 0 aliphatic rings. The van der Waals surface area contributed by atoms with E-state index in [2.05, 4.69) is 9.88 Å². The Labute approximate surface area is 174 Å². The molecule has 2 aromatic carbocycles. The molecular weight excluding hydrogens is 397 g/mol. The number of aliphatic hydroxyl groups excluding tert-OH is 1. The number of benzene rings is 2. The maximum Gasteiger partial charge on any atom is 0.220 e. The minimum atomic E-state index is -0.477. The van der Waals surface area contributed by atoms with E-state index in [0.717, 1.165) is 22.4 Å². The summed E-state index contributed by atoms with van der Waals surface area (Å²) in [4.78, 5) is 16.6. The van der Waals surface area contributed by atoms with Crippen molar-refractivity contribution in [2.75, 3.05) is 6.54 Å². The summed E-state index contributed by atoms with van der Waals surface area (Å²) in [6.07, 6.45) is 0.867. The van der Waals surface area contributed by atoms with Crippen LogP contribution in [0.5, 0.6) is 0 Å². The van der Waals surface area contributed by atoms with Crippen LogP contribution in [0, 0.1) is 0 Å². The van der Waals surface area contributed by atoms with Gasteiger partial charge in [0.05, 0.1) is 23.7 Å². The van der Waals surface area contributed by atoms with Gasteiger partial charge in [-0.25, -0.2) is 4.98 Å². The second-order valence-corrected chi connectivity index (χ2v) is 7.61. The van der Waals surface area contributed by atoms with Crippen LogP contribution in [0.15, 0.2) is 42.5 Å². The number of halogens is 2. The number of aliphatic hydroxyl groups is 1. The van der Waals surface area contributed by atoms with Gasteiger partial charge in [-0.2, -0.15) is 0 Å². The molecule has 148 valence electrons. The van der Waals surface area contributed by atoms with Crippen LogP contribution in [-0.4, -0.2) is 33.2 Å². The number of hydrogen-bond acceptors (Lipinski definition) is 3. The second-order valence-electron chi connectivity index (χ2n) is 6.79. The summed E-state index contributed by atoms with van der Waals surface area (Å²) < 4.78 is 2.09. The lowest BCUT2D eigenvalue weighted by atomic mass is 10.2. The lowest BCUT2D eigenvalue weighted by Gasteiger charge is -2.13. The van der Waals surface area contributed by atoms with Crippen molar-refractivity contribution >= 4 is 40.1 Å². The zero-order chi connectivity index (χ0) is 20.1. The van der Waals surface area contributed by atoms with Crippen LogP contribution >= 0.6 is 23.2 Å². The van der Waals surface area contributed by atoms with Crippen molar-refractivity contribution in [1.82, 2.24) is 14.9 Å². The number of para-hydroxylation sites is 2. The molecule has 0 aliphatic carbocycles. The van der Waals surface area contributed by atoms with Gasteiger partial charge >= 0.3 is 0 Å². The number of carbonyl (C=O) groups excluding carboxylic acids is 1. The van der Waals surface area contributed by atoms with E-state index in [9.17, 15) is 9.90 Å². The standard InChI is InChI=1S/C21H23Cl2N3O2/c1-14(27)9-10-21(28)24-12-11-20-25-18-7-2-3-8-19(18)26(20)13-15-16(22)5-4-6-17(15)23/h2-8,14,27H,9-13H2,1H3,(H,24,28). The number of aromatic nitrogens is 2. The zero-order valence-corrected chi connectivity index (χ0v) is 17.2. The fourth-order valence-electron chi connectivity index (χ4n) is 3.08. The summed E-state index contributed by atoms with van der Waals surface area (Å²) in [6, 6.07) is 13.4. The number of nitrogens with zero attached hydrogens (tertiary/aromatic N) is 2. The molecule has 5 nitrogen and oxygen atoms in total. The van der Waals surface area contributed by atoms with Crippen LogP contribution in [0.3, 0.4) is 0 Å². The highest BCUT2D eigenvalue weighted by atomic mass is 35.5. The number of imidazole rings is 1. The number of carbonyl (C=O) groups is 1. The summed E-state index contributed by atoms with van der Waals surface area (Å²) >= 11 is 12.7. The number of nitrogens with one attached hydrogen (secondary N) is 1. The molecule has 0 radical (unpaired) electrons. The lowest BCUT2D eigenvalue weighted by Crippen LogP contribution is -2.27. The van der Waals surface area contributed by atoms with Gasteiger partial charge in [-0.1, -0.05) is 41.4 Å². The monoisotopic (exact) mass is 419 g/mol. The number of hydrogen-bond donors (Lipinski definition) is 2. The van der Waals surface area contributed by atoms with E-state index in [0.29, 0.717) is 42.4 Å². The summed E-state index contributed by atoms with van der Waals surface area (Å²) in [6.45, 7) is 2.65. The van der Waals surface area contributed by atoms with Gasteiger partial charge in [0.25, 0.3) is 0 Å². The molecular formula is C21H23Cl2N3O2. The molecule has 7 heteroatoms. The Balaban J connectivity index is 1.79. The highest BCUT2D eigenvalue weighted by Crippen LogP contribution is 2.27. The first-order valence-corrected chi connectivity index (χ1v) is 10.0. The Morgan fingerprint density at radius 2 is 1.89 bits per heavy atom.